The van der Waals surface area contributed by atoms with E-state index in [1.165, 1.54) is 50.8 Å². The number of amides is 1. The second kappa shape index (κ2) is 7.73. The molecule has 0 bridgehead atoms. The molecule has 1 amide bonds. The number of ether oxygens (including phenoxy) is 2. The van der Waals surface area contributed by atoms with Crippen LogP contribution in [0.25, 0.3) is 0 Å². The molecule has 0 fully saturated rings. The lowest BCUT2D eigenvalue weighted by molar-refractivity contribution is -0.384. The van der Waals surface area contributed by atoms with Gasteiger partial charge in [-0.1, -0.05) is 0 Å². The van der Waals surface area contributed by atoms with E-state index >= 15 is 0 Å². The molecule has 0 aliphatic carbocycles. The van der Waals surface area contributed by atoms with Crippen LogP contribution in [0.2, 0.25) is 0 Å². The van der Waals surface area contributed by atoms with Crippen LogP contribution in [-0.2, 0) is 0 Å². The number of nitrogens with one attached hydrogen (secondary N) is 1. The number of nitro groups is 1. The molecule has 0 radical (unpaired) electrons. The number of nitrogens with zero attached hydrogens (tertiary/aromatic N) is 2. The van der Waals surface area contributed by atoms with Gasteiger partial charge in [-0.3, -0.25) is 14.9 Å². The maximum Gasteiger partial charge on any atom is 0.271 e. The number of carbonyl (C=O) groups excluding carboxylic acids is 1. The summed E-state index contributed by atoms with van der Waals surface area (Å²) in [5.74, 6) is 0.530. The molecular formula is C16H15N3O5. The van der Waals surface area contributed by atoms with E-state index in [-0.39, 0.29) is 5.69 Å². The van der Waals surface area contributed by atoms with Gasteiger partial charge in [0.2, 0.25) is 0 Å². The monoisotopic (exact) mass is 329 g/mol. The maximum atomic E-state index is 12.0. The lowest BCUT2D eigenvalue weighted by atomic mass is 10.2. The van der Waals surface area contributed by atoms with E-state index in [0.717, 1.165) is 0 Å². The molecule has 0 aliphatic rings. The highest BCUT2D eigenvalue weighted by Crippen LogP contribution is 2.27. The smallest absolute Gasteiger partial charge is 0.271 e. The molecule has 1 N–H and O–H groups in total. The summed E-state index contributed by atoms with van der Waals surface area (Å²) in [6, 6.07) is 10.5. The molecule has 0 saturated heterocycles. The molecule has 8 heteroatoms. The molecule has 0 unspecified atom stereocenters. The van der Waals surface area contributed by atoms with Crippen LogP contribution in [0.15, 0.2) is 47.6 Å². The van der Waals surface area contributed by atoms with Crippen molar-refractivity contribution in [1.29, 1.82) is 0 Å². The summed E-state index contributed by atoms with van der Waals surface area (Å²) in [6.07, 6.45) is 1.39. The zero-order valence-corrected chi connectivity index (χ0v) is 13.1. The van der Waals surface area contributed by atoms with E-state index in [9.17, 15) is 14.9 Å². The van der Waals surface area contributed by atoms with Crippen LogP contribution in [-0.4, -0.2) is 31.3 Å². The number of non-ortho nitro benzene ring substituents is 1. The SMILES string of the molecule is COc1ccc(C(=O)NN=Cc2ccc([N+](=O)[O-])cc2)cc1OC. The number of rotatable bonds is 6. The fourth-order valence-corrected chi connectivity index (χ4v) is 1.89. The van der Waals surface area contributed by atoms with Crippen molar-refractivity contribution in [3.8, 4) is 11.5 Å². The van der Waals surface area contributed by atoms with Gasteiger partial charge in [0, 0.05) is 17.7 Å². The van der Waals surface area contributed by atoms with E-state index in [0.29, 0.717) is 22.6 Å². The van der Waals surface area contributed by atoms with Gasteiger partial charge >= 0.3 is 0 Å². The zero-order valence-electron chi connectivity index (χ0n) is 13.1. The minimum absolute atomic E-state index is 0.0125. The number of hydrogen-bond acceptors (Lipinski definition) is 6. The average Bonchev–Trinajstić information content (AvgIpc) is 2.61. The molecule has 0 atom stereocenters. The summed E-state index contributed by atoms with van der Waals surface area (Å²) in [7, 11) is 2.98. The van der Waals surface area contributed by atoms with Crippen molar-refractivity contribution in [3.05, 3.63) is 63.7 Å². The van der Waals surface area contributed by atoms with Gasteiger partial charge in [0.25, 0.3) is 11.6 Å². The van der Waals surface area contributed by atoms with Crippen molar-refractivity contribution in [2.24, 2.45) is 5.10 Å². The van der Waals surface area contributed by atoms with Crippen LogP contribution in [0.4, 0.5) is 5.69 Å². The van der Waals surface area contributed by atoms with Gasteiger partial charge in [0.15, 0.2) is 11.5 Å². The predicted octanol–water partition coefficient (Wildman–Crippen LogP) is 2.38. The van der Waals surface area contributed by atoms with E-state index in [1.54, 1.807) is 12.1 Å². The highest BCUT2D eigenvalue weighted by atomic mass is 16.6. The molecule has 2 aromatic rings. The Bertz CT molecular complexity index is 772. The van der Waals surface area contributed by atoms with Crippen LogP contribution in [0.3, 0.4) is 0 Å². The normalized spacial score (nSPS) is 10.4. The molecule has 0 saturated carbocycles. The summed E-state index contributed by atoms with van der Waals surface area (Å²) < 4.78 is 10.2. The molecule has 0 aromatic heterocycles. The first-order valence-corrected chi connectivity index (χ1v) is 6.85. The van der Waals surface area contributed by atoms with Crippen molar-refractivity contribution in [1.82, 2.24) is 5.43 Å². The number of benzene rings is 2. The van der Waals surface area contributed by atoms with E-state index in [4.69, 9.17) is 9.47 Å². The van der Waals surface area contributed by atoms with Crippen LogP contribution in [0.1, 0.15) is 15.9 Å². The Kier molecular flexibility index (Phi) is 5.45. The lowest BCUT2D eigenvalue weighted by Crippen LogP contribution is -2.17. The molecule has 0 aliphatic heterocycles. The van der Waals surface area contributed by atoms with Gasteiger partial charge < -0.3 is 9.47 Å². The summed E-state index contributed by atoms with van der Waals surface area (Å²) in [5.41, 5.74) is 3.34. The highest BCUT2D eigenvalue weighted by molar-refractivity contribution is 5.95. The van der Waals surface area contributed by atoms with E-state index in [1.807, 2.05) is 0 Å². The van der Waals surface area contributed by atoms with Crippen LogP contribution in [0.5, 0.6) is 11.5 Å². The fourth-order valence-electron chi connectivity index (χ4n) is 1.89. The molecule has 2 aromatic carbocycles. The number of carbonyl (C=O) groups is 1. The van der Waals surface area contributed by atoms with Crippen molar-refractivity contribution >= 4 is 17.8 Å². The van der Waals surface area contributed by atoms with Gasteiger partial charge in [-0.25, -0.2) is 5.43 Å². The average molecular weight is 329 g/mol. The standard InChI is InChI=1S/C16H15N3O5/c1-23-14-8-5-12(9-15(14)24-2)16(20)18-17-10-11-3-6-13(7-4-11)19(21)22/h3-10H,1-2H3,(H,18,20). The number of hydrogen-bond donors (Lipinski definition) is 1. The topological polar surface area (TPSA) is 103 Å². The Morgan fingerprint density at radius 1 is 1.12 bits per heavy atom. The minimum atomic E-state index is -0.486. The van der Waals surface area contributed by atoms with Crippen molar-refractivity contribution < 1.29 is 19.2 Å². The maximum absolute atomic E-state index is 12.0. The second-order valence-electron chi connectivity index (χ2n) is 4.62. The first-order valence-electron chi connectivity index (χ1n) is 6.85. The van der Waals surface area contributed by atoms with Crippen molar-refractivity contribution in [2.45, 2.75) is 0 Å². The molecule has 2 rings (SSSR count). The van der Waals surface area contributed by atoms with Crippen LogP contribution in [0, 0.1) is 10.1 Å². The van der Waals surface area contributed by atoms with Gasteiger partial charge in [-0.15, -0.1) is 0 Å². The van der Waals surface area contributed by atoms with Crippen molar-refractivity contribution in [2.75, 3.05) is 14.2 Å². The first-order chi connectivity index (χ1) is 11.5. The molecule has 0 spiro atoms. The zero-order chi connectivity index (χ0) is 17.5. The van der Waals surface area contributed by atoms with Crippen molar-refractivity contribution in [3.63, 3.8) is 0 Å². The molecule has 24 heavy (non-hydrogen) atoms. The number of hydrazone groups is 1. The quantitative estimate of drug-likeness (QED) is 0.498. The fraction of sp³-hybridized carbons (Fsp3) is 0.125. The van der Waals surface area contributed by atoms with E-state index < -0.39 is 10.8 Å². The Hall–Kier alpha value is -3.42. The lowest BCUT2D eigenvalue weighted by Gasteiger charge is -2.08. The Labute approximate surface area is 137 Å². The van der Waals surface area contributed by atoms with E-state index in [2.05, 4.69) is 10.5 Å². The summed E-state index contributed by atoms with van der Waals surface area (Å²) in [4.78, 5) is 22.1. The van der Waals surface area contributed by atoms with Crippen LogP contribution < -0.4 is 14.9 Å². The third kappa shape index (κ3) is 4.07. The second-order valence-corrected chi connectivity index (χ2v) is 4.62. The minimum Gasteiger partial charge on any atom is -0.493 e. The Morgan fingerprint density at radius 2 is 1.79 bits per heavy atom. The Balaban J connectivity index is 2.03. The van der Waals surface area contributed by atoms with Gasteiger partial charge in [-0.2, -0.15) is 5.10 Å². The molecule has 8 nitrogen and oxygen atoms in total. The molecule has 124 valence electrons. The summed E-state index contributed by atoms with van der Waals surface area (Å²) in [5, 5.41) is 14.4. The third-order valence-corrected chi connectivity index (χ3v) is 3.13. The third-order valence-electron chi connectivity index (χ3n) is 3.13. The molecule has 0 heterocycles. The molecular weight excluding hydrogens is 314 g/mol. The van der Waals surface area contributed by atoms with Gasteiger partial charge in [-0.05, 0) is 35.9 Å². The van der Waals surface area contributed by atoms with Gasteiger partial charge in [0.05, 0.1) is 25.4 Å². The van der Waals surface area contributed by atoms with Crippen LogP contribution >= 0.6 is 0 Å². The summed E-state index contributed by atoms with van der Waals surface area (Å²) >= 11 is 0. The number of methoxy groups -OCH3 is 2. The number of nitro benzene ring substituents is 1. The first kappa shape index (κ1) is 16.9. The van der Waals surface area contributed by atoms with Gasteiger partial charge in [0.1, 0.15) is 0 Å². The summed E-state index contributed by atoms with van der Waals surface area (Å²) in [6.45, 7) is 0. The Morgan fingerprint density at radius 3 is 2.38 bits per heavy atom. The highest BCUT2D eigenvalue weighted by Gasteiger charge is 2.10. The largest absolute Gasteiger partial charge is 0.493 e. The predicted molar refractivity (Wildman–Crippen MR) is 87.7 cm³/mol.